The molecule has 1 aliphatic rings. The van der Waals surface area contributed by atoms with Crippen LogP contribution in [0, 0.1) is 23.4 Å². The van der Waals surface area contributed by atoms with Gasteiger partial charge in [0.2, 0.25) is 10.0 Å². The van der Waals surface area contributed by atoms with Crippen LogP contribution in [0.1, 0.15) is 24.4 Å². The second kappa shape index (κ2) is 6.43. The summed E-state index contributed by atoms with van der Waals surface area (Å²) in [4.78, 5) is -0.972. The topological polar surface area (TPSA) is 84.2 Å². The van der Waals surface area contributed by atoms with Gasteiger partial charge in [0.25, 0.3) is 0 Å². The van der Waals surface area contributed by atoms with Gasteiger partial charge in [0, 0.05) is 18.8 Å². The molecule has 1 heterocycles. The Morgan fingerprint density at radius 3 is 2.52 bits per heavy atom. The lowest BCUT2D eigenvalue weighted by molar-refractivity contribution is 0.0280. The van der Waals surface area contributed by atoms with Gasteiger partial charge in [-0.2, -0.15) is 5.10 Å². The highest BCUT2D eigenvalue weighted by Gasteiger charge is 2.38. The van der Waals surface area contributed by atoms with Crippen LogP contribution in [-0.2, 0) is 17.1 Å². The summed E-state index contributed by atoms with van der Waals surface area (Å²) >= 11 is 0. The van der Waals surface area contributed by atoms with Gasteiger partial charge in [0.15, 0.2) is 17.5 Å². The molecule has 0 amide bonds. The van der Waals surface area contributed by atoms with E-state index in [1.807, 2.05) is 0 Å². The van der Waals surface area contributed by atoms with Crippen molar-refractivity contribution in [2.75, 3.05) is 0 Å². The zero-order valence-electron chi connectivity index (χ0n) is 13.2. The average molecular weight is 375 g/mol. The summed E-state index contributed by atoms with van der Waals surface area (Å²) in [6, 6.07) is 0.458. The Kier molecular flexibility index (Phi) is 4.60. The van der Waals surface area contributed by atoms with E-state index in [0.717, 1.165) is 0 Å². The molecule has 0 unspecified atom stereocenters. The molecule has 6 nitrogen and oxygen atoms in total. The fraction of sp³-hybridized carbons (Fsp3) is 0.400. The first-order chi connectivity index (χ1) is 11.7. The highest BCUT2D eigenvalue weighted by molar-refractivity contribution is 7.89. The number of hydrogen-bond donors (Lipinski definition) is 2. The van der Waals surface area contributed by atoms with Gasteiger partial charge in [-0.3, -0.25) is 4.68 Å². The van der Waals surface area contributed by atoms with Crippen LogP contribution in [0.4, 0.5) is 13.2 Å². The number of nitrogens with zero attached hydrogens (tertiary/aromatic N) is 2. The lowest BCUT2D eigenvalue weighted by Gasteiger charge is -2.37. The van der Waals surface area contributed by atoms with Crippen molar-refractivity contribution in [2.24, 2.45) is 13.0 Å². The minimum atomic E-state index is -4.46. The normalized spacial score (nSPS) is 21.8. The predicted octanol–water partition coefficient (Wildman–Crippen LogP) is 1.63. The van der Waals surface area contributed by atoms with E-state index in [2.05, 4.69) is 9.82 Å². The van der Waals surface area contributed by atoms with E-state index in [1.165, 1.54) is 10.9 Å². The number of nitrogens with one attached hydrogen (secondary N) is 1. The maximum Gasteiger partial charge on any atom is 0.244 e. The second-order valence-corrected chi connectivity index (χ2v) is 7.79. The van der Waals surface area contributed by atoms with Crippen LogP contribution in [0.2, 0.25) is 0 Å². The van der Waals surface area contributed by atoms with Crippen molar-refractivity contribution in [2.45, 2.75) is 29.9 Å². The summed E-state index contributed by atoms with van der Waals surface area (Å²) in [7, 11) is -2.80. The van der Waals surface area contributed by atoms with Crippen LogP contribution < -0.4 is 4.72 Å². The molecular weight excluding hydrogens is 359 g/mol. The van der Waals surface area contributed by atoms with E-state index in [4.69, 9.17) is 0 Å². The first kappa shape index (κ1) is 17.9. The summed E-state index contributed by atoms with van der Waals surface area (Å²) in [5.74, 6) is -5.31. The number of aryl methyl sites for hydroxylation is 1. The van der Waals surface area contributed by atoms with Crippen LogP contribution in [-0.4, -0.2) is 29.4 Å². The third kappa shape index (κ3) is 3.42. The highest BCUT2D eigenvalue weighted by Crippen LogP contribution is 2.39. The molecule has 0 aliphatic heterocycles. The van der Waals surface area contributed by atoms with Gasteiger partial charge in [-0.25, -0.2) is 26.3 Å². The third-order valence-corrected chi connectivity index (χ3v) is 5.73. The Bertz CT molecular complexity index is 895. The maximum atomic E-state index is 13.9. The van der Waals surface area contributed by atoms with Crippen LogP contribution in [0.3, 0.4) is 0 Å². The molecular formula is C15H16F3N3O3S. The summed E-state index contributed by atoms with van der Waals surface area (Å²) in [5, 5.41) is 13.5. The van der Waals surface area contributed by atoms with E-state index in [9.17, 15) is 26.7 Å². The van der Waals surface area contributed by atoms with E-state index < -0.39 is 44.5 Å². The largest absolute Gasteiger partial charge is 0.393 e. The Morgan fingerprint density at radius 2 is 1.96 bits per heavy atom. The Labute approximate surface area is 142 Å². The number of hydrogen-bond acceptors (Lipinski definition) is 4. The van der Waals surface area contributed by atoms with E-state index in [1.54, 1.807) is 13.2 Å². The number of sulfonamides is 1. The fourth-order valence-corrected chi connectivity index (χ4v) is 4.25. The van der Waals surface area contributed by atoms with Gasteiger partial charge in [-0.05, 0) is 30.9 Å². The standard InChI is InChI=1S/C15H16F3N3O3S/c1-21-7-9(6-19-21)15(8-4-10(22)5-8)20-25(23,24)12-3-2-11(16)13(17)14(12)18/h2-3,6-8,10,15,20,22H,4-5H2,1H3/t8?,10?,15-/m0/s1. The number of aliphatic hydroxyl groups excluding tert-OH is 1. The van der Waals surface area contributed by atoms with Gasteiger partial charge < -0.3 is 5.11 Å². The minimum absolute atomic E-state index is 0.220. The molecule has 0 bridgehead atoms. The van der Waals surface area contributed by atoms with Crippen molar-refractivity contribution < 1.29 is 26.7 Å². The van der Waals surface area contributed by atoms with Gasteiger partial charge in [0.05, 0.1) is 18.3 Å². The molecule has 1 saturated carbocycles. The molecule has 3 rings (SSSR count). The van der Waals surface area contributed by atoms with E-state index in [0.29, 0.717) is 30.5 Å². The number of aliphatic hydroxyl groups is 1. The SMILES string of the molecule is Cn1cc([C@@H](NS(=O)(=O)c2ccc(F)c(F)c2F)C2CC(O)C2)cn1. The van der Waals surface area contributed by atoms with Crippen molar-refractivity contribution in [1.82, 2.24) is 14.5 Å². The van der Waals surface area contributed by atoms with Crippen LogP contribution in [0.5, 0.6) is 0 Å². The first-order valence-corrected chi connectivity index (χ1v) is 9.00. The van der Waals surface area contributed by atoms with Crippen molar-refractivity contribution in [3.05, 3.63) is 47.5 Å². The van der Waals surface area contributed by atoms with Crippen molar-refractivity contribution >= 4 is 10.0 Å². The summed E-state index contributed by atoms with van der Waals surface area (Å²) in [6.07, 6.45) is 3.25. The molecule has 1 aromatic heterocycles. The zero-order chi connectivity index (χ0) is 18.4. The summed E-state index contributed by atoms with van der Waals surface area (Å²) in [6.45, 7) is 0. The zero-order valence-corrected chi connectivity index (χ0v) is 14.0. The summed E-state index contributed by atoms with van der Waals surface area (Å²) in [5.41, 5.74) is 0.533. The minimum Gasteiger partial charge on any atom is -0.393 e. The monoisotopic (exact) mass is 375 g/mol. The third-order valence-electron chi connectivity index (χ3n) is 4.28. The van der Waals surface area contributed by atoms with Gasteiger partial charge in [-0.15, -0.1) is 0 Å². The molecule has 25 heavy (non-hydrogen) atoms. The highest BCUT2D eigenvalue weighted by atomic mass is 32.2. The number of benzene rings is 1. The van der Waals surface area contributed by atoms with Crippen molar-refractivity contribution in [3.63, 3.8) is 0 Å². The molecule has 1 aromatic carbocycles. The second-order valence-electron chi connectivity index (χ2n) is 6.11. The molecule has 2 N–H and O–H groups in total. The number of rotatable bonds is 5. The lowest BCUT2D eigenvalue weighted by Crippen LogP contribution is -2.41. The van der Waals surface area contributed by atoms with Crippen LogP contribution >= 0.6 is 0 Å². The van der Waals surface area contributed by atoms with Crippen molar-refractivity contribution in [1.29, 1.82) is 0 Å². The van der Waals surface area contributed by atoms with Gasteiger partial charge in [-0.1, -0.05) is 0 Å². The molecule has 10 heteroatoms. The smallest absolute Gasteiger partial charge is 0.244 e. The molecule has 0 radical (unpaired) electrons. The van der Waals surface area contributed by atoms with E-state index in [-0.39, 0.29) is 5.92 Å². The Balaban J connectivity index is 1.94. The molecule has 2 aromatic rings. The lowest BCUT2D eigenvalue weighted by atomic mass is 9.76. The first-order valence-electron chi connectivity index (χ1n) is 7.51. The molecule has 0 spiro atoms. The molecule has 0 saturated heterocycles. The number of halogens is 3. The van der Waals surface area contributed by atoms with E-state index >= 15 is 0 Å². The van der Waals surface area contributed by atoms with Crippen LogP contribution in [0.25, 0.3) is 0 Å². The molecule has 1 fully saturated rings. The molecule has 136 valence electrons. The fourth-order valence-electron chi connectivity index (χ4n) is 2.89. The molecule has 1 aliphatic carbocycles. The van der Waals surface area contributed by atoms with Gasteiger partial charge in [0.1, 0.15) is 4.90 Å². The summed E-state index contributed by atoms with van der Waals surface area (Å²) < 4.78 is 69.1. The average Bonchev–Trinajstić information content (AvgIpc) is 2.93. The molecule has 1 atom stereocenters. The number of aromatic nitrogens is 2. The Hall–Kier alpha value is -1.91. The van der Waals surface area contributed by atoms with Gasteiger partial charge >= 0.3 is 0 Å². The van der Waals surface area contributed by atoms with Crippen LogP contribution in [0.15, 0.2) is 29.4 Å². The maximum absolute atomic E-state index is 13.9. The predicted molar refractivity (Wildman–Crippen MR) is 81.3 cm³/mol. The van der Waals surface area contributed by atoms with Crippen molar-refractivity contribution in [3.8, 4) is 0 Å². The quantitative estimate of drug-likeness (QED) is 0.778. The Morgan fingerprint density at radius 1 is 1.28 bits per heavy atom.